The van der Waals surface area contributed by atoms with Crippen LogP contribution in [0.3, 0.4) is 0 Å². The van der Waals surface area contributed by atoms with E-state index in [9.17, 15) is 14.4 Å². The highest BCUT2D eigenvalue weighted by Crippen LogP contribution is 2.20. The Kier molecular flexibility index (Phi) is 5.43. The number of carbonyl (C=O) groups is 2. The SMILES string of the molecule is C[C@H](OC(=O)CCCc1nc2ccccc2c(=O)[nH]1)C(=O)c1c[nH]c2ccccc12. The summed E-state index contributed by atoms with van der Waals surface area (Å²) in [6, 6.07) is 14.6. The summed E-state index contributed by atoms with van der Waals surface area (Å²) in [5, 5.41) is 1.34. The number of H-pyrrole nitrogens is 2. The van der Waals surface area contributed by atoms with Gasteiger partial charge >= 0.3 is 5.97 Å². The molecule has 0 unspecified atom stereocenters. The lowest BCUT2D eigenvalue weighted by molar-refractivity contribution is -0.146. The quantitative estimate of drug-likeness (QED) is 0.363. The first-order valence-electron chi connectivity index (χ1n) is 9.80. The second kappa shape index (κ2) is 8.32. The van der Waals surface area contributed by atoms with Gasteiger partial charge < -0.3 is 14.7 Å². The Hall–Kier alpha value is -3.74. The van der Waals surface area contributed by atoms with Crippen molar-refractivity contribution in [1.29, 1.82) is 0 Å². The topological polar surface area (TPSA) is 105 Å². The molecule has 7 heteroatoms. The summed E-state index contributed by atoms with van der Waals surface area (Å²) in [7, 11) is 0. The van der Waals surface area contributed by atoms with Gasteiger partial charge in [-0.15, -0.1) is 0 Å². The van der Waals surface area contributed by atoms with Gasteiger partial charge in [0, 0.05) is 35.5 Å². The number of Topliss-reactive ketones (excluding diaryl/α,β-unsaturated/α-hetero) is 1. The number of aryl methyl sites for hydroxylation is 1. The molecule has 1 atom stereocenters. The van der Waals surface area contributed by atoms with Crippen LogP contribution in [0.2, 0.25) is 0 Å². The van der Waals surface area contributed by atoms with E-state index >= 15 is 0 Å². The van der Waals surface area contributed by atoms with Gasteiger partial charge in [-0.05, 0) is 31.5 Å². The minimum absolute atomic E-state index is 0.127. The van der Waals surface area contributed by atoms with Gasteiger partial charge in [0.1, 0.15) is 5.82 Å². The fraction of sp³-hybridized carbons (Fsp3) is 0.217. The van der Waals surface area contributed by atoms with Crippen LogP contribution in [-0.4, -0.2) is 32.8 Å². The van der Waals surface area contributed by atoms with E-state index in [0.717, 1.165) is 10.9 Å². The van der Waals surface area contributed by atoms with Crippen LogP contribution in [0.25, 0.3) is 21.8 Å². The third kappa shape index (κ3) is 4.00. The Labute approximate surface area is 172 Å². The highest BCUT2D eigenvalue weighted by Gasteiger charge is 2.22. The summed E-state index contributed by atoms with van der Waals surface area (Å²) < 4.78 is 5.32. The maximum absolute atomic E-state index is 12.7. The predicted molar refractivity (Wildman–Crippen MR) is 113 cm³/mol. The van der Waals surface area contributed by atoms with Crippen molar-refractivity contribution in [3.05, 3.63) is 76.5 Å². The van der Waals surface area contributed by atoms with Crippen molar-refractivity contribution in [2.24, 2.45) is 0 Å². The number of benzene rings is 2. The van der Waals surface area contributed by atoms with Crippen molar-refractivity contribution in [2.45, 2.75) is 32.3 Å². The normalized spacial score (nSPS) is 12.2. The van der Waals surface area contributed by atoms with E-state index in [4.69, 9.17) is 4.74 Å². The van der Waals surface area contributed by atoms with Crippen LogP contribution < -0.4 is 5.56 Å². The maximum atomic E-state index is 12.7. The Morgan fingerprint density at radius 3 is 2.63 bits per heavy atom. The lowest BCUT2D eigenvalue weighted by Gasteiger charge is -2.12. The number of nitrogens with one attached hydrogen (secondary N) is 2. The van der Waals surface area contributed by atoms with Crippen LogP contribution >= 0.6 is 0 Å². The molecule has 2 N–H and O–H groups in total. The van der Waals surface area contributed by atoms with Crippen LogP contribution in [0, 0.1) is 0 Å². The van der Waals surface area contributed by atoms with Gasteiger partial charge in [0.05, 0.1) is 10.9 Å². The number of fused-ring (bicyclic) bond motifs is 2. The maximum Gasteiger partial charge on any atom is 0.306 e. The second-order valence-corrected chi connectivity index (χ2v) is 7.13. The molecule has 2 aromatic carbocycles. The summed E-state index contributed by atoms with van der Waals surface area (Å²) in [6.45, 7) is 1.57. The summed E-state index contributed by atoms with van der Waals surface area (Å²) >= 11 is 0. The lowest BCUT2D eigenvalue weighted by Crippen LogP contribution is -2.24. The molecular weight excluding hydrogens is 382 g/mol. The van der Waals surface area contributed by atoms with E-state index in [1.54, 1.807) is 31.3 Å². The first-order valence-corrected chi connectivity index (χ1v) is 9.80. The monoisotopic (exact) mass is 403 g/mol. The number of nitrogens with zero attached hydrogens (tertiary/aromatic N) is 1. The molecule has 152 valence electrons. The zero-order valence-corrected chi connectivity index (χ0v) is 16.5. The zero-order chi connectivity index (χ0) is 21.1. The Bertz CT molecular complexity index is 1290. The van der Waals surface area contributed by atoms with Gasteiger partial charge in [0.15, 0.2) is 6.10 Å². The molecule has 0 aliphatic rings. The van der Waals surface area contributed by atoms with Crippen LogP contribution in [0.1, 0.15) is 35.9 Å². The smallest absolute Gasteiger partial charge is 0.306 e. The third-order valence-corrected chi connectivity index (χ3v) is 4.99. The number of aromatic nitrogens is 3. The van der Waals surface area contributed by atoms with E-state index in [0.29, 0.717) is 35.1 Å². The predicted octanol–water partition coefficient (Wildman–Crippen LogP) is 3.54. The number of para-hydroxylation sites is 2. The van der Waals surface area contributed by atoms with Gasteiger partial charge in [0.2, 0.25) is 5.78 Å². The molecule has 0 bridgehead atoms. The zero-order valence-electron chi connectivity index (χ0n) is 16.5. The number of aromatic amines is 2. The van der Waals surface area contributed by atoms with Crippen molar-refractivity contribution in [1.82, 2.24) is 15.0 Å². The van der Waals surface area contributed by atoms with Gasteiger partial charge in [0.25, 0.3) is 5.56 Å². The summed E-state index contributed by atoms with van der Waals surface area (Å²) in [6.07, 6.45) is 1.77. The van der Waals surface area contributed by atoms with Crippen LogP contribution in [0.5, 0.6) is 0 Å². The highest BCUT2D eigenvalue weighted by atomic mass is 16.5. The van der Waals surface area contributed by atoms with Gasteiger partial charge in [-0.1, -0.05) is 30.3 Å². The average molecular weight is 403 g/mol. The van der Waals surface area contributed by atoms with Crippen LogP contribution in [0.4, 0.5) is 0 Å². The lowest BCUT2D eigenvalue weighted by atomic mass is 10.1. The molecule has 2 aromatic heterocycles. The van der Waals surface area contributed by atoms with E-state index in [2.05, 4.69) is 15.0 Å². The number of esters is 1. The van der Waals surface area contributed by atoms with E-state index < -0.39 is 12.1 Å². The summed E-state index contributed by atoms with van der Waals surface area (Å²) in [5.74, 6) is -0.186. The minimum Gasteiger partial charge on any atom is -0.454 e. The number of ketones is 1. The van der Waals surface area contributed by atoms with Crippen LogP contribution in [-0.2, 0) is 16.0 Å². The Morgan fingerprint density at radius 1 is 1.07 bits per heavy atom. The van der Waals surface area contributed by atoms with E-state index in [-0.39, 0.29) is 17.8 Å². The molecule has 2 heterocycles. The molecule has 0 spiro atoms. The molecular formula is C23H21N3O4. The van der Waals surface area contributed by atoms with Gasteiger partial charge in [-0.25, -0.2) is 4.98 Å². The summed E-state index contributed by atoms with van der Waals surface area (Å²) in [4.78, 5) is 47.2. The van der Waals surface area contributed by atoms with Crippen LogP contribution in [0.15, 0.2) is 59.5 Å². The van der Waals surface area contributed by atoms with Gasteiger partial charge in [-0.3, -0.25) is 14.4 Å². The second-order valence-electron chi connectivity index (χ2n) is 7.13. The summed E-state index contributed by atoms with van der Waals surface area (Å²) in [5.41, 5.74) is 1.79. The fourth-order valence-electron chi connectivity index (χ4n) is 3.46. The van der Waals surface area contributed by atoms with Crippen molar-refractivity contribution >= 4 is 33.6 Å². The molecule has 30 heavy (non-hydrogen) atoms. The number of hydrogen-bond acceptors (Lipinski definition) is 5. The number of rotatable bonds is 7. The van der Waals surface area contributed by atoms with Gasteiger partial charge in [-0.2, -0.15) is 0 Å². The van der Waals surface area contributed by atoms with E-state index in [1.165, 1.54) is 0 Å². The fourth-order valence-corrected chi connectivity index (χ4v) is 3.46. The first-order chi connectivity index (χ1) is 14.5. The molecule has 7 nitrogen and oxygen atoms in total. The number of carbonyl (C=O) groups excluding carboxylic acids is 2. The number of ether oxygens (including phenoxy) is 1. The van der Waals surface area contributed by atoms with Crippen molar-refractivity contribution in [2.75, 3.05) is 0 Å². The molecule has 4 aromatic rings. The van der Waals surface area contributed by atoms with Crippen molar-refractivity contribution in [3.8, 4) is 0 Å². The minimum atomic E-state index is -0.879. The molecule has 0 aliphatic carbocycles. The Morgan fingerprint density at radius 2 is 1.80 bits per heavy atom. The molecule has 0 aliphatic heterocycles. The standard InChI is InChI=1S/C23H21N3O4/c1-14(22(28)17-13-24-18-9-4-2-7-15(17)18)30-21(27)12-6-11-20-25-19-10-5-3-8-16(19)23(29)26-20/h2-5,7-10,13-14,24H,6,11-12H2,1H3,(H,25,26,29)/t14-/m0/s1. The molecule has 0 saturated heterocycles. The molecule has 0 fully saturated rings. The first kappa shape index (κ1) is 19.6. The van der Waals surface area contributed by atoms with Crippen molar-refractivity contribution < 1.29 is 14.3 Å². The molecule has 4 rings (SSSR count). The largest absolute Gasteiger partial charge is 0.454 e. The number of hydrogen-bond donors (Lipinski definition) is 2. The van der Waals surface area contributed by atoms with E-state index in [1.807, 2.05) is 30.3 Å². The average Bonchev–Trinajstić information content (AvgIpc) is 3.17. The molecule has 0 radical (unpaired) electrons. The Balaban J connectivity index is 1.33. The molecule has 0 amide bonds. The highest BCUT2D eigenvalue weighted by molar-refractivity contribution is 6.10. The third-order valence-electron chi connectivity index (χ3n) is 4.99. The molecule has 0 saturated carbocycles. The van der Waals surface area contributed by atoms with Crippen molar-refractivity contribution in [3.63, 3.8) is 0 Å².